The Labute approximate surface area is 444 Å². The van der Waals surface area contributed by atoms with Gasteiger partial charge in [0.05, 0.1) is 63.5 Å². The fourth-order valence-electron chi connectivity index (χ4n) is 6.93. The molecule has 21 nitrogen and oxygen atoms in total. The summed E-state index contributed by atoms with van der Waals surface area (Å²) in [6.07, 6.45) is 0. The third-order valence-electron chi connectivity index (χ3n) is 10.4. The smallest absolute Gasteiger partial charge is 0.305 e. The molecule has 0 aliphatic carbocycles. The molecule has 0 spiro atoms. The van der Waals surface area contributed by atoms with Crippen molar-refractivity contribution in [2.45, 2.75) is 47.0 Å². The van der Waals surface area contributed by atoms with Crippen LogP contribution in [-0.2, 0) is 26.0 Å². The van der Waals surface area contributed by atoms with Crippen LogP contribution in [-0.4, -0.2) is 90.0 Å². The van der Waals surface area contributed by atoms with Crippen LogP contribution in [0.2, 0.25) is 10.0 Å². The number of ether oxygens (including phenoxy) is 2. The number of halogens is 2. The Morgan fingerprint density at radius 2 is 1.22 bits per heavy atom. The first kappa shape index (κ1) is 54.4. The minimum Gasteiger partial charge on any atom is -0.495 e. The quantitative estimate of drug-likeness (QED) is 0.0190. The number of nitrogen functional groups attached to an aromatic ring is 2. The summed E-state index contributed by atoms with van der Waals surface area (Å²) >= 11 is 17.2. The first-order valence-corrected chi connectivity index (χ1v) is 29.1. The molecule has 8 rings (SSSR count). The molecule has 0 aliphatic rings. The SMILES string of the molecule is CCN(CC)c1cc(Nc2nc(Nc3cc(N(CC)CC)c(OC)cc3N=Nc3snc4sc(S(=O)(=O)O)c(Cl)c34)nc(SCc3ccccc3)n2)c(N)cc1OC.Nc1snc2sc(S(=O)(=O)O)c(Cl)c12. The summed E-state index contributed by atoms with van der Waals surface area (Å²) in [5.74, 6) is 2.23. The molecule has 0 aliphatic heterocycles. The molecule has 0 fully saturated rings. The lowest BCUT2D eigenvalue weighted by Crippen LogP contribution is -2.22. The third-order valence-corrected chi connectivity index (χ3v) is 19.0. The van der Waals surface area contributed by atoms with Gasteiger partial charge in [0.25, 0.3) is 0 Å². The van der Waals surface area contributed by atoms with Crippen LogP contribution in [0.4, 0.5) is 56.0 Å². The maximum absolute atomic E-state index is 12.0. The van der Waals surface area contributed by atoms with Crippen molar-refractivity contribution in [2.75, 3.05) is 72.3 Å². The van der Waals surface area contributed by atoms with Crippen molar-refractivity contribution in [3.63, 3.8) is 0 Å². The first-order chi connectivity index (χ1) is 34.3. The van der Waals surface area contributed by atoms with Gasteiger partial charge in [-0.2, -0.15) is 40.5 Å². The van der Waals surface area contributed by atoms with Crippen LogP contribution in [0.1, 0.15) is 33.3 Å². The number of fused-ring (bicyclic) bond motifs is 2. The highest BCUT2D eigenvalue weighted by Crippen LogP contribution is 2.47. The second-order valence-corrected chi connectivity index (χ2v) is 23.2. The van der Waals surface area contributed by atoms with Crippen molar-refractivity contribution in [3.8, 4) is 11.5 Å². The zero-order chi connectivity index (χ0) is 52.1. The third kappa shape index (κ3) is 12.2. The number of methoxy groups -OCH3 is 2. The Morgan fingerprint density at radius 3 is 1.76 bits per heavy atom. The highest BCUT2D eigenvalue weighted by Gasteiger charge is 2.27. The lowest BCUT2D eigenvalue weighted by molar-refractivity contribution is 0.414. The minimum absolute atomic E-state index is 0.0567. The molecule has 5 aromatic heterocycles. The maximum atomic E-state index is 12.0. The molecule has 0 bridgehead atoms. The number of nitrogens with zero attached hydrogens (tertiary/aromatic N) is 9. The minimum atomic E-state index is -4.57. The average molecular weight is 1160 g/mol. The van der Waals surface area contributed by atoms with Crippen molar-refractivity contribution >= 4 is 177 Å². The lowest BCUT2D eigenvalue weighted by Gasteiger charge is -2.25. The van der Waals surface area contributed by atoms with E-state index in [0.29, 0.717) is 78.3 Å². The molecule has 0 saturated carbocycles. The molecule has 8 aromatic rings. The molecule has 3 aromatic carbocycles. The van der Waals surface area contributed by atoms with Gasteiger partial charge in [0.1, 0.15) is 31.8 Å². The van der Waals surface area contributed by atoms with E-state index >= 15 is 0 Å². The molecule has 72 heavy (non-hydrogen) atoms. The molecule has 0 radical (unpaired) electrons. The molecule has 8 N–H and O–H groups in total. The zero-order valence-corrected chi connectivity index (χ0v) is 46.1. The predicted octanol–water partition coefficient (Wildman–Crippen LogP) is 11.8. The van der Waals surface area contributed by atoms with Gasteiger partial charge >= 0.3 is 20.2 Å². The number of hydrogen-bond donors (Lipinski definition) is 6. The highest BCUT2D eigenvalue weighted by atomic mass is 35.5. The van der Waals surface area contributed by atoms with Crippen molar-refractivity contribution < 1.29 is 35.4 Å². The number of nitrogens with one attached hydrogen (secondary N) is 2. The first-order valence-electron chi connectivity index (χ1n) is 21.3. The fourth-order valence-corrected chi connectivity index (χ4v) is 14.3. The Balaban J connectivity index is 0.000000464. The van der Waals surface area contributed by atoms with Crippen LogP contribution in [0.25, 0.3) is 20.4 Å². The summed E-state index contributed by atoms with van der Waals surface area (Å²) in [4.78, 5) is 19.4. The van der Waals surface area contributed by atoms with Gasteiger partial charge in [-0.15, -0.1) is 10.2 Å². The van der Waals surface area contributed by atoms with Gasteiger partial charge in [0.2, 0.25) is 11.9 Å². The molecule has 30 heteroatoms. The molecule has 0 amide bonds. The topological polar surface area (TPSA) is 299 Å². The van der Waals surface area contributed by atoms with E-state index in [4.69, 9.17) is 63.6 Å². The zero-order valence-electron chi connectivity index (χ0n) is 38.9. The molecule has 0 atom stereocenters. The Kier molecular flexibility index (Phi) is 17.5. The number of benzene rings is 3. The van der Waals surface area contributed by atoms with Crippen LogP contribution >= 0.6 is 80.7 Å². The summed E-state index contributed by atoms with van der Waals surface area (Å²) in [5.41, 5.74) is 16.7. The summed E-state index contributed by atoms with van der Waals surface area (Å²) in [6, 6.07) is 17.3. The monoisotopic (exact) mass is 1150 g/mol. The van der Waals surface area contributed by atoms with E-state index in [-0.39, 0.29) is 36.5 Å². The van der Waals surface area contributed by atoms with Crippen molar-refractivity contribution in [1.82, 2.24) is 23.7 Å². The van der Waals surface area contributed by atoms with Gasteiger partial charge in [0.15, 0.2) is 18.6 Å². The fraction of sp³-hybridized carbons (Fsp3) is 0.262. The number of thioether (sulfide) groups is 1. The van der Waals surface area contributed by atoms with E-state index in [1.807, 2.05) is 56.3 Å². The van der Waals surface area contributed by atoms with Gasteiger partial charge in [-0.05, 0) is 68.5 Å². The summed E-state index contributed by atoms with van der Waals surface area (Å²) < 4.78 is 83.1. The van der Waals surface area contributed by atoms with Crippen LogP contribution < -0.4 is 41.4 Å². The number of thiophene rings is 2. The van der Waals surface area contributed by atoms with Crippen LogP contribution in [0.3, 0.4) is 0 Å². The van der Waals surface area contributed by atoms with E-state index in [1.54, 1.807) is 26.4 Å². The van der Waals surface area contributed by atoms with Crippen molar-refractivity contribution in [2.24, 2.45) is 10.2 Å². The van der Waals surface area contributed by atoms with E-state index in [9.17, 15) is 21.4 Å². The van der Waals surface area contributed by atoms with E-state index < -0.39 is 24.4 Å². The van der Waals surface area contributed by atoms with E-state index in [1.165, 1.54) is 11.8 Å². The van der Waals surface area contributed by atoms with Gasteiger partial charge in [-0.1, -0.05) is 88.0 Å². The van der Waals surface area contributed by atoms with E-state index in [2.05, 4.69) is 53.3 Å². The molecule has 5 heterocycles. The molecule has 0 unspecified atom stereocenters. The second-order valence-electron chi connectivity index (χ2n) is 14.7. The Bertz CT molecular complexity index is 3500. The molecule has 0 saturated heterocycles. The maximum Gasteiger partial charge on any atom is 0.305 e. The van der Waals surface area contributed by atoms with Gasteiger partial charge in [-0.25, -0.2) is 0 Å². The molecule has 382 valence electrons. The van der Waals surface area contributed by atoms with Crippen molar-refractivity contribution in [3.05, 3.63) is 70.2 Å². The number of anilines is 8. The largest absolute Gasteiger partial charge is 0.495 e. The van der Waals surface area contributed by atoms with Crippen LogP contribution in [0.15, 0.2) is 78.4 Å². The van der Waals surface area contributed by atoms with Crippen LogP contribution in [0, 0.1) is 0 Å². The number of hydrogen-bond acceptors (Lipinski definition) is 24. The molecular formula is C42H45Cl2N13O8S7. The van der Waals surface area contributed by atoms with Gasteiger partial charge in [0, 0.05) is 44.1 Å². The second kappa shape index (κ2) is 23.2. The van der Waals surface area contributed by atoms with Crippen molar-refractivity contribution in [1.29, 1.82) is 0 Å². The lowest BCUT2D eigenvalue weighted by atomic mass is 10.2. The number of rotatable bonds is 19. The summed E-state index contributed by atoms with van der Waals surface area (Å²) in [5, 5.41) is 17.2. The van der Waals surface area contributed by atoms with Gasteiger partial charge in [-0.3, -0.25) is 9.11 Å². The van der Waals surface area contributed by atoms with Crippen LogP contribution in [0.5, 0.6) is 11.5 Å². The normalized spacial score (nSPS) is 11.8. The van der Waals surface area contributed by atoms with Gasteiger partial charge < -0.3 is 41.4 Å². The summed E-state index contributed by atoms with van der Waals surface area (Å²) in [6.45, 7) is 11.1. The number of nitrogens with two attached hydrogens (primary N) is 2. The Morgan fingerprint density at radius 1 is 0.708 bits per heavy atom. The summed E-state index contributed by atoms with van der Waals surface area (Å²) in [7, 11) is -5.67. The number of aromatic nitrogens is 5. The highest BCUT2D eigenvalue weighted by molar-refractivity contribution is 7.98. The Hall–Kier alpha value is -5.40. The van der Waals surface area contributed by atoms with E-state index in [0.717, 1.165) is 75.8 Å². The average Bonchev–Trinajstić information content (AvgIpc) is 4.12. The standard InChI is InChI=1S/C37H42ClN11O5S4.C5H3ClN2O3S3/c1-7-48(8-2)26-17-23(22(39)16-28(26)53-5)40-35-42-36(44-37(43-35)55-20-21-14-12-11-13-15-21)41-24-18-27(49(9-3)10-4)29(54-6)19-25(24)45-46-32-30-31(38)34(58(50,51)52)56-33(30)47-57-32;6-2-1-3(7)13-8-4(1)12-5(2)14(9,10)11/h11-19H,7-10,20,39H2,1-6H3,(H,50,51,52)(H2,40,41,42,43,44);7H2,(H,9,10,11). The number of azo groups is 1. The molecular weight excluding hydrogens is 1110 g/mol. The predicted molar refractivity (Wildman–Crippen MR) is 293 cm³/mol.